The summed E-state index contributed by atoms with van der Waals surface area (Å²) >= 11 is 0. The second-order valence-electron chi connectivity index (χ2n) is 3.40. The number of anilines is 1. The second-order valence-corrected chi connectivity index (χ2v) is 3.40. The van der Waals surface area contributed by atoms with E-state index in [4.69, 9.17) is 0 Å². The van der Waals surface area contributed by atoms with E-state index in [0.29, 0.717) is 0 Å². The van der Waals surface area contributed by atoms with Crippen LogP contribution in [0.5, 0.6) is 0 Å². The third-order valence-electron chi connectivity index (χ3n) is 2.50. The van der Waals surface area contributed by atoms with Gasteiger partial charge in [-0.15, -0.1) is 0 Å². The van der Waals surface area contributed by atoms with Crippen LogP contribution in [0.1, 0.15) is 13.3 Å². The monoisotopic (exact) mass is 187 g/mol. The lowest BCUT2D eigenvalue weighted by atomic mass is 10.1. The van der Waals surface area contributed by atoms with Crippen LogP contribution in [0.2, 0.25) is 0 Å². The van der Waals surface area contributed by atoms with E-state index in [9.17, 15) is 4.79 Å². The van der Waals surface area contributed by atoms with Gasteiger partial charge in [-0.3, -0.25) is 9.69 Å². The fraction of sp³-hybridized carbons (Fsp3) is 0.250. The summed E-state index contributed by atoms with van der Waals surface area (Å²) in [4.78, 5) is 13.5. The highest BCUT2D eigenvalue weighted by Gasteiger charge is 2.25. The van der Waals surface area contributed by atoms with Crippen molar-refractivity contribution < 1.29 is 4.79 Å². The zero-order chi connectivity index (χ0) is 9.97. The molecular weight excluding hydrogens is 174 g/mol. The van der Waals surface area contributed by atoms with E-state index in [-0.39, 0.29) is 11.8 Å². The van der Waals surface area contributed by atoms with Crippen LogP contribution in [0.25, 0.3) is 0 Å². The molecule has 14 heavy (non-hydrogen) atoms. The van der Waals surface area contributed by atoms with Gasteiger partial charge in [-0.05, 0) is 18.6 Å². The summed E-state index contributed by atoms with van der Waals surface area (Å²) in [5.41, 5.74) is 0.949. The molecule has 0 aliphatic carbocycles. The molecule has 72 valence electrons. The van der Waals surface area contributed by atoms with E-state index in [2.05, 4.69) is 0 Å². The van der Waals surface area contributed by atoms with Gasteiger partial charge < -0.3 is 0 Å². The van der Waals surface area contributed by atoms with Gasteiger partial charge in [0.2, 0.25) is 5.91 Å². The molecule has 0 aromatic heterocycles. The number of para-hydroxylation sites is 1. The van der Waals surface area contributed by atoms with Gasteiger partial charge in [0.05, 0.1) is 5.92 Å². The first-order valence-electron chi connectivity index (χ1n) is 4.89. The van der Waals surface area contributed by atoms with Crippen LogP contribution in [-0.4, -0.2) is 5.91 Å². The molecule has 0 saturated carbocycles. The van der Waals surface area contributed by atoms with Crippen molar-refractivity contribution in [3.63, 3.8) is 0 Å². The van der Waals surface area contributed by atoms with Crippen molar-refractivity contribution in [3.8, 4) is 0 Å². The van der Waals surface area contributed by atoms with Gasteiger partial charge in [-0.2, -0.15) is 0 Å². The van der Waals surface area contributed by atoms with Crippen LogP contribution in [0.15, 0.2) is 42.6 Å². The summed E-state index contributed by atoms with van der Waals surface area (Å²) in [5.74, 6) is 0.244. The van der Waals surface area contributed by atoms with Gasteiger partial charge in [-0.1, -0.05) is 31.2 Å². The van der Waals surface area contributed by atoms with Crippen LogP contribution < -0.4 is 4.90 Å². The highest BCUT2D eigenvalue weighted by Crippen LogP contribution is 2.24. The summed E-state index contributed by atoms with van der Waals surface area (Å²) in [6.07, 6.45) is 4.71. The zero-order valence-electron chi connectivity index (χ0n) is 8.18. The summed E-state index contributed by atoms with van der Waals surface area (Å²) in [6, 6.07) is 9.72. The first-order chi connectivity index (χ1) is 6.83. The maximum absolute atomic E-state index is 11.8. The zero-order valence-corrected chi connectivity index (χ0v) is 8.18. The summed E-state index contributed by atoms with van der Waals surface area (Å²) in [6.45, 7) is 2.03. The quantitative estimate of drug-likeness (QED) is 0.696. The minimum Gasteiger partial charge on any atom is -0.288 e. The minimum absolute atomic E-state index is 0.0650. The predicted molar refractivity (Wildman–Crippen MR) is 56.8 cm³/mol. The molecule has 0 saturated heterocycles. The molecule has 1 atom stereocenters. The van der Waals surface area contributed by atoms with E-state index < -0.39 is 0 Å². The lowest BCUT2D eigenvalue weighted by molar-refractivity contribution is -0.119. The molecule has 1 aromatic carbocycles. The molecule has 2 nitrogen and oxygen atoms in total. The Hall–Kier alpha value is -1.57. The number of hydrogen-bond donors (Lipinski definition) is 0. The first kappa shape index (κ1) is 9.00. The molecule has 1 amide bonds. The van der Waals surface area contributed by atoms with E-state index in [1.807, 2.05) is 49.5 Å². The Kier molecular flexibility index (Phi) is 2.35. The van der Waals surface area contributed by atoms with Crippen molar-refractivity contribution >= 4 is 11.6 Å². The highest BCUT2D eigenvalue weighted by molar-refractivity contribution is 6.00. The van der Waals surface area contributed by atoms with Gasteiger partial charge in [0.1, 0.15) is 0 Å². The third kappa shape index (κ3) is 1.43. The van der Waals surface area contributed by atoms with Crippen molar-refractivity contribution in [1.29, 1.82) is 0 Å². The maximum Gasteiger partial charge on any atom is 0.238 e. The minimum atomic E-state index is 0.0650. The SMILES string of the molecule is CCC1C=CN(c2ccccc2)C1=O. The van der Waals surface area contributed by atoms with Crippen molar-refractivity contribution in [2.75, 3.05) is 4.90 Å². The van der Waals surface area contributed by atoms with Crippen LogP contribution in [-0.2, 0) is 4.79 Å². The van der Waals surface area contributed by atoms with Crippen LogP contribution in [0.3, 0.4) is 0 Å². The Balaban J connectivity index is 2.23. The molecule has 1 unspecified atom stereocenters. The number of rotatable bonds is 2. The largest absolute Gasteiger partial charge is 0.288 e. The molecule has 0 spiro atoms. The molecule has 0 fully saturated rings. The summed E-state index contributed by atoms with van der Waals surface area (Å²) < 4.78 is 0. The molecule has 1 aromatic rings. The van der Waals surface area contributed by atoms with E-state index in [1.165, 1.54) is 0 Å². The maximum atomic E-state index is 11.8. The normalized spacial score (nSPS) is 20.5. The number of amides is 1. The van der Waals surface area contributed by atoms with Crippen molar-refractivity contribution in [2.24, 2.45) is 5.92 Å². The average molecular weight is 187 g/mol. The standard InChI is InChI=1S/C12H13NO/c1-2-10-8-9-13(12(10)14)11-6-4-3-5-7-11/h3-10H,2H2,1H3. The molecule has 1 aliphatic heterocycles. The van der Waals surface area contributed by atoms with Crippen molar-refractivity contribution in [3.05, 3.63) is 42.6 Å². The molecule has 0 N–H and O–H groups in total. The molecular formula is C12H13NO. The smallest absolute Gasteiger partial charge is 0.238 e. The topological polar surface area (TPSA) is 20.3 Å². The number of benzene rings is 1. The third-order valence-corrected chi connectivity index (χ3v) is 2.50. The fourth-order valence-electron chi connectivity index (χ4n) is 1.64. The van der Waals surface area contributed by atoms with Gasteiger partial charge in [-0.25, -0.2) is 0 Å². The van der Waals surface area contributed by atoms with Gasteiger partial charge in [0, 0.05) is 11.9 Å². The molecule has 1 aliphatic rings. The van der Waals surface area contributed by atoms with Crippen molar-refractivity contribution in [1.82, 2.24) is 0 Å². The molecule has 1 heterocycles. The highest BCUT2D eigenvalue weighted by atomic mass is 16.2. The second kappa shape index (κ2) is 3.66. The Morgan fingerprint density at radius 2 is 2.00 bits per heavy atom. The number of carbonyl (C=O) groups is 1. The van der Waals surface area contributed by atoms with Crippen LogP contribution in [0, 0.1) is 5.92 Å². The van der Waals surface area contributed by atoms with Crippen molar-refractivity contribution in [2.45, 2.75) is 13.3 Å². The number of carbonyl (C=O) groups excluding carboxylic acids is 1. The molecule has 2 heteroatoms. The predicted octanol–water partition coefficient (Wildman–Crippen LogP) is 2.57. The van der Waals surface area contributed by atoms with Crippen LogP contribution >= 0.6 is 0 Å². The number of nitrogens with zero attached hydrogens (tertiary/aromatic N) is 1. The fourth-order valence-corrected chi connectivity index (χ4v) is 1.64. The molecule has 0 radical (unpaired) electrons. The van der Waals surface area contributed by atoms with Gasteiger partial charge in [0.15, 0.2) is 0 Å². The Bertz CT molecular complexity index is 356. The average Bonchev–Trinajstić information content (AvgIpc) is 2.61. The number of hydrogen-bond acceptors (Lipinski definition) is 1. The summed E-state index contributed by atoms with van der Waals surface area (Å²) in [7, 11) is 0. The lowest BCUT2D eigenvalue weighted by Gasteiger charge is -2.15. The van der Waals surface area contributed by atoms with Gasteiger partial charge in [0.25, 0.3) is 0 Å². The van der Waals surface area contributed by atoms with E-state index >= 15 is 0 Å². The first-order valence-corrected chi connectivity index (χ1v) is 4.89. The molecule has 2 rings (SSSR count). The molecule has 0 bridgehead atoms. The van der Waals surface area contributed by atoms with Crippen LogP contribution in [0.4, 0.5) is 5.69 Å². The Morgan fingerprint density at radius 1 is 1.29 bits per heavy atom. The van der Waals surface area contributed by atoms with Gasteiger partial charge >= 0.3 is 0 Å². The van der Waals surface area contributed by atoms with E-state index in [0.717, 1.165) is 12.1 Å². The lowest BCUT2D eigenvalue weighted by Crippen LogP contribution is -2.25. The Labute approximate surface area is 83.8 Å². The van der Waals surface area contributed by atoms with E-state index in [1.54, 1.807) is 4.90 Å². The summed E-state index contributed by atoms with van der Waals surface area (Å²) in [5, 5.41) is 0. The Morgan fingerprint density at radius 3 is 2.57 bits per heavy atom.